The van der Waals surface area contributed by atoms with Crippen LogP contribution in [0.1, 0.15) is 44.7 Å². The number of hydrogen-bond acceptors (Lipinski definition) is 4. The highest BCUT2D eigenvalue weighted by molar-refractivity contribution is 7.90. The number of nitrogens with zero attached hydrogens (tertiary/aromatic N) is 3. The van der Waals surface area contributed by atoms with Crippen LogP contribution in [0.25, 0.3) is 0 Å². The maximum Gasteiger partial charge on any atom is 0.304 e. The van der Waals surface area contributed by atoms with E-state index >= 15 is 0 Å². The maximum atomic E-state index is 14.7. The van der Waals surface area contributed by atoms with Gasteiger partial charge in [0.2, 0.25) is 11.8 Å². The average molecular weight is 521 g/mol. The molecule has 0 saturated heterocycles. The van der Waals surface area contributed by atoms with Crippen molar-refractivity contribution in [2.75, 3.05) is 24.9 Å². The summed E-state index contributed by atoms with van der Waals surface area (Å²) >= 11 is 0. The summed E-state index contributed by atoms with van der Waals surface area (Å²) < 4.78 is 42.6. The molecule has 0 aliphatic rings. The second kappa shape index (κ2) is 12.8. The number of carbonyl (C=O) groups is 2. The van der Waals surface area contributed by atoms with Crippen molar-refractivity contribution < 1.29 is 22.4 Å². The summed E-state index contributed by atoms with van der Waals surface area (Å²) in [6, 6.07) is 12.0. The molecule has 0 fully saturated rings. The molecule has 0 saturated carbocycles. The summed E-state index contributed by atoms with van der Waals surface area (Å²) in [6.45, 7) is 6.97. The van der Waals surface area contributed by atoms with Gasteiger partial charge < -0.3 is 10.2 Å². The first-order valence-electron chi connectivity index (χ1n) is 12.0. The Labute approximate surface area is 214 Å². The van der Waals surface area contributed by atoms with Gasteiger partial charge in [0.25, 0.3) is 0 Å². The van der Waals surface area contributed by atoms with Gasteiger partial charge in [0.15, 0.2) is 0 Å². The predicted octanol–water partition coefficient (Wildman–Crippen LogP) is 3.47. The summed E-state index contributed by atoms with van der Waals surface area (Å²) in [6.07, 6.45) is 1.04. The van der Waals surface area contributed by atoms with E-state index in [0.717, 1.165) is 32.2 Å². The van der Waals surface area contributed by atoms with Crippen molar-refractivity contribution in [3.05, 3.63) is 65.5 Å². The monoisotopic (exact) mass is 520 g/mol. The standard InChI is InChI=1S/C26H37FN4O4S/c1-7-20(4)28-26(33)23(8-2)30(17-21-13-11-12-19(3)16-21)25(32)18-31(36(34,35)29(5)6)24-15-10-9-14-22(24)27/h9-16,20,23H,7-8,17-18H2,1-6H3,(H,28,33)/t20-,23-/m1/s1. The van der Waals surface area contributed by atoms with Crippen molar-refractivity contribution in [1.82, 2.24) is 14.5 Å². The van der Waals surface area contributed by atoms with Gasteiger partial charge in [0.05, 0.1) is 5.69 Å². The Kier molecular flexibility index (Phi) is 10.4. The van der Waals surface area contributed by atoms with Crippen LogP contribution in [0.15, 0.2) is 48.5 Å². The number of benzene rings is 2. The molecule has 0 aromatic heterocycles. The highest BCUT2D eigenvalue weighted by atomic mass is 32.2. The molecule has 1 N–H and O–H groups in total. The van der Waals surface area contributed by atoms with Gasteiger partial charge in [0.1, 0.15) is 18.4 Å². The lowest BCUT2D eigenvalue weighted by atomic mass is 10.1. The Bertz CT molecular complexity index is 1160. The number of nitrogens with one attached hydrogen (secondary N) is 1. The van der Waals surface area contributed by atoms with Gasteiger partial charge in [-0.1, -0.05) is 55.8 Å². The van der Waals surface area contributed by atoms with E-state index in [1.807, 2.05) is 45.0 Å². The largest absolute Gasteiger partial charge is 0.352 e. The smallest absolute Gasteiger partial charge is 0.304 e. The Morgan fingerprint density at radius 1 is 1.03 bits per heavy atom. The van der Waals surface area contributed by atoms with Crippen molar-refractivity contribution >= 4 is 27.7 Å². The van der Waals surface area contributed by atoms with Crippen molar-refractivity contribution in [3.8, 4) is 0 Å². The van der Waals surface area contributed by atoms with E-state index in [1.54, 1.807) is 6.92 Å². The van der Waals surface area contributed by atoms with Gasteiger partial charge >= 0.3 is 10.2 Å². The minimum Gasteiger partial charge on any atom is -0.352 e. The molecular formula is C26H37FN4O4S. The quantitative estimate of drug-likeness (QED) is 0.464. The van der Waals surface area contributed by atoms with Gasteiger partial charge in [-0.2, -0.15) is 12.7 Å². The molecule has 2 aromatic rings. The number of amides is 2. The first-order chi connectivity index (χ1) is 16.9. The average Bonchev–Trinajstić information content (AvgIpc) is 2.82. The van der Waals surface area contributed by atoms with E-state index < -0.39 is 34.5 Å². The fourth-order valence-electron chi connectivity index (χ4n) is 3.72. The number of hydrogen-bond donors (Lipinski definition) is 1. The Hall–Kier alpha value is -2.98. The summed E-state index contributed by atoms with van der Waals surface area (Å²) in [7, 11) is -1.60. The van der Waals surface area contributed by atoms with E-state index in [-0.39, 0.29) is 24.2 Å². The molecule has 2 atom stereocenters. The second-order valence-corrected chi connectivity index (χ2v) is 11.1. The normalized spacial score (nSPS) is 13.2. The number of rotatable bonds is 12. The molecule has 2 aromatic carbocycles. The molecule has 0 bridgehead atoms. The fraction of sp³-hybridized carbons (Fsp3) is 0.462. The van der Waals surface area contributed by atoms with E-state index in [4.69, 9.17) is 0 Å². The summed E-state index contributed by atoms with van der Waals surface area (Å²) in [5.74, 6) is -1.71. The molecule has 0 aliphatic carbocycles. The summed E-state index contributed by atoms with van der Waals surface area (Å²) in [4.78, 5) is 28.3. The minimum absolute atomic E-state index is 0.0912. The van der Waals surface area contributed by atoms with Crippen LogP contribution < -0.4 is 9.62 Å². The molecule has 0 aliphatic heterocycles. The van der Waals surface area contributed by atoms with Crippen LogP contribution >= 0.6 is 0 Å². The van der Waals surface area contributed by atoms with Crippen LogP contribution in [0, 0.1) is 12.7 Å². The first kappa shape index (κ1) is 29.3. The lowest BCUT2D eigenvalue weighted by Crippen LogP contribution is -2.54. The van der Waals surface area contributed by atoms with Gasteiger partial charge in [-0.05, 0) is 44.4 Å². The molecule has 0 heterocycles. The van der Waals surface area contributed by atoms with Crippen LogP contribution in [-0.2, 0) is 26.3 Å². The van der Waals surface area contributed by atoms with Gasteiger partial charge in [-0.15, -0.1) is 0 Å². The zero-order valence-electron chi connectivity index (χ0n) is 21.9. The molecule has 0 radical (unpaired) electrons. The van der Waals surface area contributed by atoms with Crippen molar-refractivity contribution in [2.45, 2.75) is 59.2 Å². The van der Waals surface area contributed by atoms with Crippen molar-refractivity contribution in [2.24, 2.45) is 0 Å². The molecule has 0 spiro atoms. The second-order valence-electron chi connectivity index (χ2n) is 9.00. The third kappa shape index (κ3) is 7.27. The molecule has 0 unspecified atom stereocenters. The van der Waals surface area contributed by atoms with E-state index in [9.17, 15) is 22.4 Å². The van der Waals surface area contributed by atoms with Crippen LogP contribution in [0.4, 0.5) is 10.1 Å². The van der Waals surface area contributed by atoms with E-state index in [2.05, 4.69) is 5.32 Å². The molecule has 10 heteroatoms. The minimum atomic E-state index is -4.22. The molecular weight excluding hydrogens is 483 g/mol. The number of aryl methyl sites for hydroxylation is 1. The Morgan fingerprint density at radius 2 is 1.69 bits per heavy atom. The van der Waals surface area contributed by atoms with Gasteiger partial charge in [-0.25, -0.2) is 8.70 Å². The van der Waals surface area contributed by atoms with Gasteiger partial charge in [0, 0.05) is 26.7 Å². The lowest BCUT2D eigenvalue weighted by Gasteiger charge is -2.34. The molecule has 198 valence electrons. The van der Waals surface area contributed by atoms with Gasteiger partial charge in [-0.3, -0.25) is 9.59 Å². The van der Waals surface area contributed by atoms with E-state index in [1.165, 1.54) is 37.2 Å². The highest BCUT2D eigenvalue weighted by Crippen LogP contribution is 2.24. The third-order valence-electron chi connectivity index (χ3n) is 5.96. The Balaban J connectivity index is 2.52. The lowest BCUT2D eigenvalue weighted by molar-refractivity contribution is -0.140. The number of para-hydroxylation sites is 1. The topological polar surface area (TPSA) is 90.0 Å². The highest BCUT2D eigenvalue weighted by Gasteiger charge is 2.34. The van der Waals surface area contributed by atoms with Crippen LogP contribution in [0.5, 0.6) is 0 Å². The van der Waals surface area contributed by atoms with Crippen molar-refractivity contribution in [1.29, 1.82) is 0 Å². The number of anilines is 1. The SMILES string of the molecule is CC[C@@H](C)NC(=O)[C@@H](CC)N(Cc1cccc(C)c1)C(=O)CN(c1ccccc1F)S(=O)(=O)N(C)C. The summed E-state index contributed by atoms with van der Waals surface area (Å²) in [5, 5.41) is 2.92. The first-order valence-corrected chi connectivity index (χ1v) is 13.4. The van der Waals surface area contributed by atoms with E-state index in [0.29, 0.717) is 6.42 Å². The van der Waals surface area contributed by atoms with Crippen molar-refractivity contribution in [3.63, 3.8) is 0 Å². The fourth-order valence-corrected chi connectivity index (χ4v) is 4.79. The summed E-state index contributed by atoms with van der Waals surface area (Å²) in [5.41, 5.74) is 1.54. The third-order valence-corrected chi connectivity index (χ3v) is 7.77. The molecule has 36 heavy (non-hydrogen) atoms. The zero-order valence-corrected chi connectivity index (χ0v) is 22.7. The molecule has 2 rings (SSSR count). The van der Waals surface area contributed by atoms with Crippen LogP contribution in [0.2, 0.25) is 0 Å². The zero-order chi connectivity index (χ0) is 27.0. The molecule has 2 amide bonds. The number of halogens is 1. The molecule has 8 nitrogen and oxygen atoms in total. The van der Waals surface area contributed by atoms with Crippen LogP contribution in [0.3, 0.4) is 0 Å². The van der Waals surface area contributed by atoms with Crippen LogP contribution in [-0.4, -0.2) is 62.2 Å². The number of carbonyl (C=O) groups excluding carboxylic acids is 2. The Morgan fingerprint density at radius 3 is 2.25 bits per heavy atom. The predicted molar refractivity (Wildman–Crippen MR) is 140 cm³/mol. The maximum absolute atomic E-state index is 14.7.